The van der Waals surface area contributed by atoms with Gasteiger partial charge in [0.1, 0.15) is 50.3 Å². The van der Waals surface area contributed by atoms with E-state index in [1.165, 1.54) is 71.2 Å². The van der Waals surface area contributed by atoms with Gasteiger partial charge < -0.3 is 80.7 Å². The molecule has 0 aliphatic carbocycles. The van der Waals surface area contributed by atoms with Crippen molar-refractivity contribution in [1.82, 2.24) is 74.6 Å². The third-order valence-corrected chi connectivity index (χ3v) is 19.2. The van der Waals surface area contributed by atoms with Gasteiger partial charge in [-0.2, -0.15) is 0 Å². The van der Waals surface area contributed by atoms with Crippen LogP contribution in [0.1, 0.15) is 97.0 Å². The largest absolute Gasteiger partial charge is 0.501 e. The highest BCUT2D eigenvalue weighted by Crippen LogP contribution is 2.28. The van der Waals surface area contributed by atoms with Gasteiger partial charge in [-0.1, -0.05) is 52.0 Å². The van der Waals surface area contributed by atoms with Gasteiger partial charge in [-0.15, -0.1) is 0 Å². The number of benzene rings is 4. The molecule has 5 N–H and O–H groups in total. The number of amides is 5. The van der Waals surface area contributed by atoms with E-state index in [9.17, 15) is 69.2 Å². The highest BCUT2D eigenvalue weighted by atomic mass is 127. The smallest absolute Gasteiger partial charge is 0.406 e. The van der Waals surface area contributed by atoms with E-state index in [1.54, 1.807) is 79.7 Å². The number of carbonyl (C=O) groups is 6. The van der Waals surface area contributed by atoms with Gasteiger partial charge in [0.2, 0.25) is 23.0 Å². The number of hydrogen-bond acceptors (Lipinski definition) is 33. The summed E-state index contributed by atoms with van der Waals surface area (Å²) in [7, 11) is 0. The van der Waals surface area contributed by atoms with Gasteiger partial charge in [0.25, 0.3) is 29.5 Å². The standard InChI is InChI=1S/C20H21IN6O4.C19H20N4O5.C14H18N2O3.C11H9IN2O2.C11H18N4O3.C5H4N2O3/c1-2-26(10-11-31-18-4-3-7-22-19(18)27(29)30)9-8-23-20(28)17-13-24-16-12-14(21)5-6-15(16)25-17;1-2-21(12-13-28-16-8-5-9-20-17(16)23(26)27)10-11-22-18(24)14-6-3-4-7-15(14)19(22)25;1-2-15(9-10-17)7-8-16-13(18)11-5-3-4-6-12(11)14(16)19;1-2-16-11(15)10-6-13-9-5-7(12)3-4-8(9)14-10;1-2-14(7-5-12)8-9-18-10-4-3-6-13-11(10)15(16)17;8-4-2-1-3-6-5(4)7(9)10/h3-7,12-13H,2,8-11H2,1H3,(H,23,28);3-9H,2,10-13H2,1H3;3-6,17H,2,7-10H2,1H3;3-6H,2H2,1H3;3-4,6H,2,5,7-9,12H2,1H3;1-3,8H. The molecule has 0 saturated heterocycles. The molecule has 0 unspecified atom stereocenters. The highest BCUT2D eigenvalue weighted by molar-refractivity contribution is 14.1. The first-order chi connectivity index (χ1) is 58.8. The molecular weight excluding hydrogens is 1810 g/mol. The number of fused-ring (bicyclic) bond motifs is 4. The van der Waals surface area contributed by atoms with E-state index in [4.69, 9.17) is 34.9 Å². The maximum Gasteiger partial charge on any atom is 0.406 e. The summed E-state index contributed by atoms with van der Waals surface area (Å²) in [5, 5.41) is 63.2. The average molecular weight is 1910 g/mol. The summed E-state index contributed by atoms with van der Waals surface area (Å²) in [6.07, 6.45) is 8.23. The third-order valence-electron chi connectivity index (χ3n) is 17.8. The van der Waals surface area contributed by atoms with Crippen LogP contribution in [-0.2, 0) is 4.74 Å². The summed E-state index contributed by atoms with van der Waals surface area (Å²) in [5.41, 5.74) is 10.7. The van der Waals surface area contributed by atoms with Gasteiger partial charge >= 0.3 is 29.2 Å². The number of ether oxygens (including phenoxy) is 4. The summed E-state index contributed by atoms with van der Waals surface area (Å²) < 4.78 is 23.4. The minimum absolute atomic E-state index is 0.0793. The van der Waals surface area contributed by atoms with E-state index >= 15 is 0 Å². The van der Waals surface area contributed by atoms with Gasteiger partial charge in [-0.25, -0.2) is 14.8 Å². The highest BCUT2D eigenvalue weighted by Gasteiger charge is 2.36. The monoisotopic (exact) mass is 1900 g/mol. The number of halogens is 2. The van der Waals surface area contributed by atoms with E-state index in [-0.39, 0.29) is 102 Å². The van der Waals surface area contributed by atoms with Crippen molar-refractivity contribution in [2.45, 2.75) is 34.6 Å². The number of nitrogens with one attached hydrogen (secondary N) is 1. The Kier molecular flexibility index (Phi) is 39.9. The molecule has 122 heavy (non-hydrogen) atoms. The topological polar surface area (TPSA) is 513 Å². The Hall–Kier alpha value is -12.6. The number of carbonyl (C=O) groups excluding carboxylic acids is 6. The van der Waals surface area contributed by atoms with Crippen LogP contribution in [0.4, 0.5) is 23.3 Å². The normalized spacial score (nSPS) is 11.7. The van der Waals surface area contributed by atoms with E-state index < -0.39 is 37.2 Å². The van der Waals surface area contributed by atoms with Crippen molar-refractivity contribution in [3.8, 4) is 23.0 Å². The maximum absolute atomic E-state index is 12.4. The molecule has 0 spiro atoms. The second kappa shape index (κ2) is 50.5. The molecule has 0 fully saturated rings. The number of aromatic hydroxyl groups is 1. The second-order valence-electron chi connectivity index (χ2n) is 25.5. The van der Waals surface area contributed by atoms with Crippen molar-refractivity contribution in [2.24, 2.45) is 5.73 Å². The molecule has 10 aromatic rings. The molecule has 42 heteroatoms. The van der Waals surface area contributed by atoms with Crippen molar-refractivity contribution in [2.75, 3.05) is 138 Å². The lowest BCUT2D eigenvalue weighted by Gasteiger charge is -2.23. The number of aliphatic hydroxyl groups is 1. The van der Waals surface area contributed by atoms with Crippen LogP contribution in [0.5, 0.6) is 23.0 Å². The fourth-order valence-electron chi connectivity index (χ4n) is 11.5. The predicted molar refractivity (Wildman–Crippen MR) is 463 cm³/mol. The number of pyridine rings is 4. The Bertz CT molecular complexity index is 5170. The summed E-state index contributed by atoms with van der Waals surface area (Å²) in [4.78, 5) is 155. The number of aromatic nitrogens is 8. The summed E-state index contributed by atoms with van der Waals surface area (Å²) in [6.45, 7) is 20.4. The molecule has 2 aliphatic rings. The number of aliphatic hydroxyl groups excluding tert-OH is 1. The molecule has 4 aromatic carbocycles. The van der Waals surface area contributed by atoms with Crippen molar-refractivity contribution in [3.05, 3.63) is 252 Å². The Morgan fingerprint density at radius 1 is 0.459 bits per heavy atom. The first-order valence-corrected chi connectivity index (χ1v) is 40.3. The van der Waals surface area contributed by atoms with Crippen LogP contribution in [0.25, 0.3) is 22.1 Å². The molecular formula is C80H90I2N20O20. The molecule has 0 saturated carbocycles. The maximum atomic E-state index is 12.4. The van der Waals surface area contributed by atoms with Crippen molar-refractivity contribution >= 4 is 126 Å². The molecule has 644 valence electrons. The van der Waals surface area contributed by atoms with Crippen LogP contribution in [0.15, 0.2) is 171 Å². The van der Waals surface area contributed by atoms with Crippen LogP contribution >= 0.6 is 45.2 Å². The zero-order chi connectivity index (χ0) is 88.6. The lowest BCUT2D eigenvalue weighted by Crippen LogP contribution is -2.39. The molecule has 5 amide bonds. The molecule has 0 atom stereocenters. The van der Waals surface area contributed by atoms with Gasteiger partial charge in [0.15, 0.2) is 5.69 Å². The minimum Gasteiger partial charge on any atom is -0.501 e. The second-order valence-corrected chi connectivity index (χ2v) is 28.0. The Morgan fingerprint density at radius 2 is 0.820 bits per heavy atom. The molecule has 6 aromatic heterocycles. The van der Waals surface area contributed by atoms with E-state index in [0.29, 0.717) is 118 Å². The lowest BCUT2D eigenvalue weighted by atomic mass is 10.1. The third kappa shape index (κ3) is 29.1. The number of nitro groups is 4. The Labute approximate surface area is 726 Å². The van der Waals surface area contributed by atoms with Gasteiger partial charge in [0.05, 0.1) is 69.9 Å². The molecule has 0 radical (unpaired) electrons. The minimum atomic E-state index is -0.741. The zero-order valence-electron chi connectivity index (χ0n) is 67.1. The quantitative estimate of drug-likeness (QED) is 0.00934. The van der Waals surface area contributed by atoms with Crippen LogP contribution in [-0.4, -0.2) is 272 Å². The number of likely N-dealkylation sites (N-methyl/N-ethyl adjacent to an activating group) is 4. The Balaban J connectivity index is 0.000000208. The first kappa shape index (κ1) is 96.5. The van der Waals surface area contributed by atoms with Crippen LogP contribution in [0.3, 0.4) is 0 Å². The molecule has 0 bridgehead atoms. The first-order valence-electron chi connectivity index (χ1n) is 38.2. The van der Waals surface area contributed by atoms with Crippen LogP contribution < -0.4 is 25.3 Å². The summed E-state index contributed by atoms with van der Waals surface area (Å²) in [5.74, 6) is -3.06. The predicted octanol–water partition coefficient (Wildman–Crippen LogP) is 9.01. The lowest BCUT2D eigenvalue weighted by molar-refractivity contribution is -0.390. The number of esters is 1. The van der Waals surface area contributed by atoms with Crippen molar-refractivity contribution < 1.29 is 77.6 Å². The number of nitrogens with two attached hydrogens (primary N) is 1. The molecule has 12 rings (SSSR count). The van der Waals surface area contributed by atoms with E-state index in [1.807, 2.05) is 73.9 Å². The molecule has 2 aliphatic heterocycles. The average Bonchev–Trinajstić information content (AvgIpc) is 1.66. The van der Waals surface area contributed by atoms with E-state index in [0.717, 1.165) is 44.4 Å². The van der Waals surface area contributed by atoms with Gasteiger partial charge in [0, 0.05) is 85.7 Å². The zero-order valence-corrected chi connectivity index (χ0v) is 71.5. The van der Waals surface area contributed by atoms with Gasteiger partial charge in [-0.05, 0) is 227 Å². The number of imide groups is 2. The number of nitrogens with zero attached hydrogens (tertiary/aromatic N) is 18. The SMILES string of the molecule is CCN(CCN)CCOc1cccnc1[N+](=O)[O-].CCN(CCNC(=O)c1cnc2cc(I)ccc2n1)CCOc1cccnc1[N+](=O)[O-].CCN(CCO)CCN1C(=O)c2ccccc2C1=O.CCN(CCOc1cccnc1[N+](=O)[O-])CCN1C(=O)c2ccccc2C1=O.CCOC(=O)c1cnc2cc(I)ccc2n1.O=[N+]([O-])c1ncccc1O. The fourth-order valence-corrected chi connectivity index (χ4v) is 12.4. The number of rotatable bonds is 36. The number of hydrogen-bond donors (Lipinski definition) is 4. The summed E-state index contributed by atoms with van der Waals surface area (Å²) in [6, 6.07) is 37.0. The van der Waals surface area contributed by atoms with Crippen molar-refractivity contribution in [1.29, 1.82) is 0 Å². The summed E-state index contributed by atoms with van der Waals surface area (Å²) >= 11 is 4.41. The van der Waals surface area contributed by atoms with E-state index in [2.05, 4.69) is 100 Å². The van der Waals surface area contributed by atoms with Crippen LogP contribution in [0.2, 0.25) is 0 Å². The fraction of sp³-hybridized carbons (Fsp3) is 0.325. The Morgan fingerprint density at radius 3 is 1.18 bits per heavy atom. The van der Waals surface area contributed by atoms with Crippen molar-refractivity contribution in [3.63, 3.8) is 0 Å². The van der Waals surface area contributed by atoms with Gasteiger partial charge in [-0.3, -0.25) is 63.3 Å². The molecule has 8 heterocycles. The van der Waals surface area contributed by atoms with Crippen LogP contribution in [0, 0.1) is 47.6 Å². The molecule has 40 nitrogen and oxygen atoms in total.